The molecule has 3 nitrogen and oxygen atoms in total. The minimum Gasteiger partial charge on any atom is -0.355 e. The molecule has 0 atom stereocenters. The van der Waals surface area contributed by atoms with Crippen molar-refractivity contribution in [2.45, 2.75) is 37.5 Å². The fourth-order valence-electron chi connectivity index (χ4n) is 2.96. The lowest BCUT2D eigenvalue weighted by Crippen LogP contribution is -2.46. The van der Waals surface area contributed by atoms with Crippen LogP contribution in [0, 0.1) is 0 Å². The Bertz CT molecular complexity index is 436. The maximum Gasteiger partial charge on any atom is 0.191 e. The van der Waals surface area contributed by atoms with Crippen molar-refractivity contribution < 1.29 is 0 Å². The van der Waals surface area contributed by atoms with E-state index in [1.807, 2.05) is 24.5 Å². The minimum absolute atomic E-state index is 0. The van der Waals surface area contributed by atoms with E-state index < -0.39 is 0 Å². The zero-order chi connectivity index (χ0) is 14.3. The maximum atomic E-state index is 4.27. The maximum absolute atomic E-state index is 4.27. The molecule has 1 aromatic rings. The number of nitrogens with one attached hydrogen (secondary N) is 2. The van der Waals surface area contributed by atoms with E-state index in [1.165, 1.54) is 37.0 Å². The Morgan fingerprint density at radius 1 is 1.38 bits per heavy atom. The van der Waals surface area contributed by atoms with Gasteiger partial charge >= 0.3 is 0 Å². The van der Waals surface area contributed by atoms with Gasteiger partial charge in [0.2, 0.25) is 0 Å². The molecule has 1 heterocycles. The summed E-state index contributed by atoms with van der Waals surface area (Å²) in [6, 6.07) is 4.46. The summed E-state index contributed by atoms with van der Waals surface area (Å²) in [4.78, 5) is 5.79. The van der Waals surface area contributed by atoms with Gasteiger partial charge in [-0.05, 0) is 24.3 Å². The number of nitrogens with zero attached hydrogens (tertiary/aromatic N) is 1. The third-order valence-corrected chi connectivity index (χ3v) is 5.20. The van der Waals surface area contributed by atoms with Crippen molar-refractivity contribution in [3.05, 3.63) is 35.0 Å². The Kier molecular flexibility index (Phi) is 8.33. The molecule has 118 valence electrons. The number of rotatable bonds is 5. The Labute approximate surface area is 149 Å². The van der Waals surface area contributed by atoms with Gasteiger partial charge in [0, 0.05) is 30.4 Å². The molecule has 21 heavy (non-hydrogen) atoms. The summed E-state index contributed by atoms with van der Waals surface area (Å²) in [5.74, 6) is 0.867. The van der Waals surface area contributed by atoms with Gasteiger partial charge in [-0.25, -0.2) is 0 Å². The molecule has 5 heteroatoms. The molecule has 1 aliphatic rings. The van der Waals surface area contributed by atoms with Gasteiger partial charge in [-0.2, -0.15) is 0 Å². The van der Waals surface area contributed by atoms with Crippen molar-refractivity contribution in [1.29, 1.82) is 0 Å². The summed E-state index contributed by atoms with van der Waals surface area (Å²) in [5.41, 5.74) is 0.290. The monoisotopic (exact) mass is 419 g/mol. The van der Waals surface area contributed by atoms with Crippen LogP contribution in [0.4, 0.5) is 0 Å². The molecular formula is C16H26IN3S. The zero-order valence-corrected chi connectivity index (χ0v) is 15.9. The fourth-order valence-corrected chi connectivity index (χ4v) is 3.95. The summed E-state index contributed by atoms with van der Waals surface area (Å²) in [6.45, 7) is 5.43. The van der Waals surface area contributed by atoms with Crippen LogP contribution in [0.1, 0.15) is 37.0 Å². The normalized spacial score (nSPS) is 17.7. The van der Waals surface area contributed by atoms with Gasteiger partial charge in [-0.3, -0.25) is 4.99 Å². The molecule has 1 aliphatic carbocycles. The van der Waals surface area contributed by atoms with E-state index in [0.717, 1.165) is 19.0 Å². The number of hydrogen-bond donors (Lipinski definition) is 2. The molecule has 0 aliphatic heterocycles. The van der Waals surface area contributed by atoms with Crippen LogP contribution in [-0.2, 0) is 5.41 Å². The molecule has 0 spiro atoms. The standard InChI is InChI=1S/C16H25N3S.HI/c1-3-11-18-15(17-2)19-13-16(9-5-4-6-10-16)14-8-7-12-20-14;/h3,7-8,12H,1,4-6,9-11,13H2,2H3,(H2,17,18,19);1H. The average Bonchev–Trinajstić information content (AvgIpc) is 3.03. The van der Waals surface area contributed by atoms with E-state index >= 15 is 0 Å². The number of guanidine groups is 1. The van der Waals surface area contributed by atoms with Crippen LogP contribution in [0.5, 0.6) is 0 Å². The van der Waals surface area contributed by atoms with Gasteiger partial charge in [-0.1, -0.05) is 31.4 Å². The zero-order valence-electron chi connectivity index (χ0n) is 12.7. The van der Waals surface area contributed by atoms with Crippen molar-refractivity contribution in [1.82, 2.24) is 10.6 Å². The summed E-state index contributed by atoms with van der Waals surface area (Å²) in [5, 5.41) is 8.94. The molecule has 0 amide bonds. The molecule has 1 aromatic heterocycles. The second kappa shape index (κ2) is 9.46. The third kappa shape index (κ3) is 4.98. The highest BCUT2D eigenvalue weighted by atomic mass is 127. The lowest BCUT2D eigenvalue weighted by atomic mass is 9.73. The van der Waals surface area contributed by atoms with Crippen molar-refractivity contribution in [3.63, 3.8) is 0 Å². The summed E-state index contributed by atoms with van der Waals surface area (Å²) in [7, 11) is 1.82. The van der Waals surface area contributed by atoms with E-state index in [-0.39, 0.29) is 29.4 Å². The lowest BCUT2D eigenvalue weighted by Gasteiger charge is -2.37. The Morgan fingerprint density at radius 3 is 2.71 bits per heavy atom. The molecule has 2 N–H and O–H groups in total. The SMILES string of the molecule is C=CCNC(=NC)NCC1(c2cccs2)CCCCC1.I. The topological polar surface area (TPSA) is 36.4 Å². The summed E-state index contributed by atoms with van der Waals surface area (Å²) >= 11 is 1.89. The van der Waals surface area contributed by atoms with Gasteiger partial charge in [0.15, 0.2) is 5.96 Å². The van der Waals surface area contributed by atoms with Gasteiger partial charge in [0.05, 0.1) is 0 Å². The largest absolute Gasteiger partial charge is 0.355 e. The van der Waals surface area contributed by atoms with Crippen LogP contribution in [0.3, 0.4) is 0 Å². The predicted molar refractivity (Wildman–Crippen MR) is 104 cm³/mol. The van der Waals surface area contributed by atoms with Gasteiger partial charge < -0.3 is 10.6 Å². The second-order valence-corrected chi connectivity index (χ2v) is 6.36. The number of halogens is 1. The van der Waals surface area contributed by atoms with Crippen molar-refractivity contribution in [2.24, 2.45) is 4.99 Å². The smallest absolute Gasteiger partial charge is 0.191 e. The molecule has 0 saturated heterocycles. The molecule has 0 aromatic carbocycles. The van der Waals surface area contributed by atoms with Crippen LogP contribution in [-0.4, -0.2) is 26.1 Å². The Balaban J connectivity index is 0.00000220. The van der Waals surface area contributed by atoms with E-state index in [0.29, 0.717) is 0 Å². The van der Waals surface area contributed by atoms with Crippen LogP contribution in [0.2, 0.25) is 0 Å². The van der Waals surface area contributed by atoms with E-state index in [9.17, 15) is 0 Å². The molecule has 0 bridgehead atoms. The first-order valence-corrected chi connectivity index (χ1v) is 8.28. The van der Waals surface area contributed by atoms with Gasteiger partial charge in [0.25, 0.3) is 0 Å². The number of hydrogen-bond acceptors (Lipinski definition) is 2. The second-order valence-electron chi connectivity index (χ2n) is 5.41. The molecule has 1 fully saturated rings. The first kappa shape index (κ1) is 18.5. The summed E-state index contributed by atoms with van der Waals surface area (Å²) in [6.07, 6.45) is 8.44. The molecule has 1 saturated carbocycles. The number of aliphatic imine (C=N–C) groups is 1. The van der Waals surface area contributed by atoms with Crippen LogP contribution in [0.15, 0.2) is 35.2 Å². The van der Waals surface area contributed by atoms with Crippen LogP contribution < -0.4 is 10.6 Å². The number of thiophene rings is 1. The minimum atomic E-state index is 0. The molecule has 0 radical (unpaired) electrons. The van der Waals surface area contributed by atoms with Crippen molar-refractivity contribution >= 4 is 41.3 Å². The molecular weight excluding hydrogens is 393 g/mol. The van der Waals surface area contributed by atoms with E-state index in [2.05, 4.69) is 39.7 Å². The fraction of sp³-hybridized carbons (Fsp3) is 0.562. The highest BCUT2D eigenvalue weighted by molar-refractivity contribution is 14.0. The molecule has 0 unspecified atom stereocenters. The van der Waals surface area contributed by atoms with Crippen molar-refractivity contribution in [3.8, 4) is 0 Å². The van der Waals surface area contributed by atoms with Crippen LogP contribution in [0.25, 0.3) is 0 Å². The lowest BCUT2D eigenvalue weighted by molar-refractivity contribution is 0.296. The van der Waals surface area contributed by atoms with Crippen LogP contribution >= 0.6 is 35.3 Å². The predicted octanol–water partition coefficient (Wildman–Crippen LogP) is 3.92. The van der Waals surface area contributed by atoms with Crippen molar-refractivity contribution in [2.75, 3.05) is 20.1 Å². The first-order valence-electron chi connectivity index (χ1n) is 7.40. The molecule has 2 rings (SSSR count). The Hall–Kier alpha value is -0.560. The van der Waals surface area contributed by atoms with E-state index in [4.69, 9.17) is 0 Å². The third-order valence-electron chi connectivity index (χ3n) is 4.09. The van der Waals surface area contributed by atoms with Gasteiger partial charge in [-0.15, -0.1) is 41.9 Å². The van der Waals surface area contributed by atoms with E-state index in [1.54, 1.807) is 0 Å². The highest BCUT2D eigenvalue weighted by Crippen LogP contribution is 2.40. The Morgan fingerprint density at radius 2 is 2.14 bits per heavy atom. The quantitative estimate of drug-likeness (QED) is 0.329. The first-order chi connectivity index (χ1) is 9.80. The highest BCUT2D eigenvalue weighted by Gasteiger charge is 2.34. The average molecular weight is 419 g/mol. The summed E-state index contributed by atoms with van der Waals surface area (Å²) < 4.78 is 0. The van der Waals surface area contributed by atoms with Gasteiger partial charge in [0.1, 0.15) is 0 Å².